The number of amides is 1. The van der Waals surface area contributed by atoms with Crippen LogP contribution in [0.15, 0.2) is 61.1 Å². The van der Waals surface area contributed by atoms with E-state index in [4.69, 9.17) is 11.6 Å². The van der Waals surface area contributed by atoms with Gasteiger partial charge in [-0.2, -0.15) is 0 Å². The van der Waals surface area contributed by atoms with Crippen LogP contribution in [0.5, 0.6) is 0 Å². The number of hydrogen-bond donors (Lipinski definition) is 1. The molecule has 1 N–H and O–H groups in total. The monoisotopic (exact) mass is 464 g/mol. The molecule has 33 heavy (non-hydrogen) atoms. The highest BCUT2D eigenvalue weighted by atomic mass is 35.5. The largest absolute Gasteiger partial charge is 0.355 e. The molecule has 1 unspecified atom stereocenters. The molecule has 1 aliphatic heterocycles. The highest BCUT2D eigenvalue weighted by Gasteiger charge is 2.28. The van der Waals surface area contributed by atoms with Crippen molar-refractivity contribution < 1.29 is 9.18 Å². The summed E-state index contributed by atoms with van der Waals surface area (Å²) in [6, 6.07) is 13.6. The number of aromatic nitrogens is 4. The van der Waals surface area contributed by atoms with Crippen LogP contribution in [-0.4, -0.2) is 38.7 Å². The van der Waals surface area contributed by atoms with E-state index < -0.39 is 0 Å². The van der Waals surface area contributed by atoms with Crippen LogP contribution < -0.4 is 10.2 Å². The van der Waals surface area contributed by atoms with E-state index in [9.17, 15) is 9.18 Å². The van der Waals surface area contributed by atoms with Crippen LogP contribution in [0.1, 0.15) is 18.4 Å². The molecule has 0 bridgehead atoms. The summed E-state index contributed by atoms with van der Waals surface area (Å²) in [5, 5.41) is 8.97. The Hall–Kier alpha value is -3.52. The summed E-state index contributed by atoms with van der Waals surface area (Å²) in [4.78, 5) is 23.8. The van der Waals surface area contributed by atoms with E-state index in [1.54, 1.807) is 16.8 Å². The minimum atomic E-state index is -0.303. The number of anilines is 1. The van der Waals surface area contributed by atoms with Gasteiger partial charge in [0.25, 0.3) is 0 Å². The molecule has 1 saturated heterocycles. The summed E-state index contributed by atoms with van der Waals surface area (Å²) in [7, 11) is 0. The van der Waals surface area contributed by atoms with Gasteiger partial charge in [0.05, 0.1) is 17.0 Å². The Morgan fingerprint density at radius 2 is 1.97 bits per heavy atom. The number of fused-ring (bicyclic) bond motifs is 1. The van der Waals surface area contributed by atoms with Crippen LogP contribution in [0, 0.1) is 11.7 Å². The second-order valence-corrected chi connectivity index (χ2v) is 8.49. The van der Waals surface area contributed by atoms with E-state index >= 15 is 0 Å². The van der Waals surface area contributed by atoms with E-state index in [1.165, 1.54) is 18.5 Å². The molecule has 2 aromatic heterocycles. The third-order valence-electron chi connectivity index (χ3n) is 5.89. The fourth-order valence-electron chi connectivity index (χ4n) is 4.16. The summed E-state index contributed by atoms with van der Waals surface area (Å²) in [6.45, 7) is 1.75. The SMILES string of the molecule is O=C(NCc1ccccc1Cl)C1CCCN(c2ncnc3nn(-c4ccc(F)cc4)cc23)C1. The van der Waals surface area contributed by atoms with Crippen molar-refractivity contribution in [3.8, 4) is 5.69 Å². The lowest BCUT2D eigenvalue weighted by Crippen LogP contribution is -2.43. The second-order valence-electron chi connectivity index (χ2n) is 8.08. The van der Waals surface area contributed by atoms with Gasteiger partial charge >= 0.3 is 0 Å². The average Bonchev–Trinajstić information content (AvgIpc) is 3.28. The molecular weight excluding hydrogens is 443 g/mol. The molecule has 1 atom stereocenters. The number of rotatable bonds is 5. The van der Waals surface area contributed by atoms with Gasteiger partial charge in [-0.3, -0.25) is 4.79 Å². The normalized spacial score (nSPS) is 16.2. The Morgan fingerprint density at radius 1 is 1.15 bits per heavy atom. The molecule has 1 aliphatic rings. The van der Waals surface area contributed by atoms with E-state index in [0.717, 1.165) is 41.8 Å². The van der Waals surface area contributed by atoms with Gasteiger partial charge < -0.3 is 10.2 Å². The summed E-state index contributed by atoms with van der Waals surface area (Å²) in [6.07, 6.45) is 5.02. The lowest BCUT2D eigenvalue weighted by molar-refractivity contribution is -0.125. The van der Waals surface area contributed by atoms with Gasteiger partial charge in [0.2, 0.25) is 5.91 Å². The Balaban J connectivity index is 1.33. The molecule has 1 amide bonds. The lowest BCUT2D eigenvalue weighted by atomic mass is 9.97. The first kappa shape index (κ1) is 21.3. The first-order chi connectivity index (χ1) is 16.1. The van der Waals surface area contributed by atoms with Crippen molar-refractivity contribution in [2.75, 3.05) is 18.0 Å². The van der Waals surface area contributed by atoms with E-state index in [0.29, 0.717) is 23.8 Å². The Bertz CT molecular complexity index is 1290. The maximum atomic E-state index is 13.3. The zero-order valence-electron chi connectivity index (χ0n) is 17.8. The molecule has 9 heteroatoms. The molecule has 0 radical (unpaired) electrons. The van der Waals surface area contributed by atoms with E-state index in [2.05, 4.69) is 25.3 Å². The summed E-state index contributed by atoms with van der Waals surface area (Å²) in [5.74, 6) is 0.297. The number of halogens is 2. The Morgan fingerprint density at radius 3 is 2.79 bits per heavy atom. The van der Waals surface area contributed by atoms with Crippen LogP contribution in [0.25, 0.3) is 16.7 Å². The maximum Gasteiger partial charge on any atom is 0.225 e. The van der Waals surface area contributed by atoms with Crippen LogP contribution in [0.3, 0.4) is 0 Å². The number of nitrogens with one attached hydrogen (secondary N) is 1. The van der Waals surface area contributed by atoms with Gasteiger partial charge in [0, 0.05) is 30.9 Å². The number of hydrogen-bond acceptors (Lipinski definition) is 5. The van der Waals surface area contributed by atoms with Gasteiger partial charge in [0.15, 0.2) is 5.65 Å². The lowest BCUT2D eigenvalue weighted by Gasteiger charge is -2.33. The molecule has 0 spiro atoms. The van der Waals surface area contributed by atoms with Crippen LogP contribution >= 0.6 is 11.6 Å². The average molecular weight is 465 g/mol. The summed E-state index contributed by atoms with van der Waals surface area (Å²) < 4.78 is 15.0. The molecule has 1 fully saturated rings. The van der Waals surface area contributed by atoms with Crippen LogP contribution in [0.4, 0.5) is 10.2 Å². The van der Waals surface area contributed by atoms with Crippen molar-refractivity contribution in [1.82, 2.24) is 25.1 Å². The number of carbonyl (C=O) groups is 1. The Labute approximate surface area is 195 Å². The number of piperidine rings is 1. The molecule has 5 rings (SSSR count). The van der Waals surface area contributed by atoms with Crippen molar-refractivity contribution in [2.45, 2.75) is 19.4 Å². The molecule has 7 nitrogen and oxygen atoms in total. The van der Waals surface area contributed by atoms with E-state index in [1.807, 2.05) is 30.5 Å². The van der Waals surface area contributed by atoms with Crippen molar-refractivity contribution in [1.29, 1.82) is 0 Å². The highest BCUT2D eigenvalue weighted by molar-refractivity contribution is 6.31. The van der Waals surface area contributed by atoms with E-state index in [-0.39, 0.29) is 17.6 Å². The second kappa shape index (κ2) is 9.15. The maximum absolute atomic E-state index is 13.3. The van der Waals surface area contributed by atoms with Crippen molar-refractivity contribution in [2.24, 2.45) is 5.92 Å². The quantitative estimate of drug-likeness (QED) is 0.480. The summed E-state index contributed by atoms with van der Waals surface area (Å²) in [5.41, 5.74) is 2.18. The molecular formula is C24H22ClFN6O. The zero-order chi connectivity index (χ0) is 22.8. The molecule has 2 aromatic carbocycles. The molecule has 3 heterocycles. The standard InChI is InChI=1S/C24H22ClFN6O/c25-21-6-2-1-4-16(21)12-27-24(33)17-5-3-11-31(13-17)23-20-14-32(30-22(20)28-15-29-23)19-9-7-18(26)8-10-19/h1-2,4,6-10,14-15,17H,3,5,11-13H2,(H,27,33). The third-order valence-corrected chi connectivity index (χ3v) is 6.26. The van der Waals surface area contributed by atoms with Crippen LogP contribution in [0.2, 0.25) is 5.02 Å². The van der Waals surface area contributed by atoms with Gasteiger partial charge in [0.1, 0.15) is 18.0 Å². The molecule has 168 valence electrons. The molecule has 4 aromatic rings. The summed E-state index contributed by atoms with van der Waals surface area (Å²) >= 11 is 6.21. The number of nitrogens with zero attached hydrogens (tertiary/aromatic N) is 5. The van der Waals surface area contributed by atoms with Crippen LogP contribution in [-0.2, 0) is 11.3 Å². The number of carbonyl (C=O) groups excluding carboxylic acids is 1. The first-order valence-corrected chi connectivity index (χ1v) is 11.2. The molecule has 0 aliphatic carbocycles. The molecule has 0 saturated carbocycles. The van der Waals surface area contributed by atoms with Gasteiger partial charge in [-0.15, -0.1) is 5.10 Å². The fraction of sp³-hybridized carbons (Fsp3) is 0.250. The minimum Gasteiger partial charge on any atom is -0.355 e. The smallest absolute Gasteiger partial charge is 0.225 e. The van der Waals surface area contributed by atoms with Gasteiger partial charge in [-0.1, -0.05) is 29.8 Å². The fourth-order valence-corrected chi connectivity index (χ4v) is 4.36. The van der Waals surface area contributed by atoms with Crippen molar-refractivity contribution in [3.63, 3.8) is 0 Å². The van der Waals surface area contributed by atoms with Gasteiger partial charge in [-0.05, 0) is 48.7 Å². The Kier molecular flexibility index (Phi) is 5.92. The zero-order valence-corrected chi connectivity index (χ0v) is 18.5. The first-order valence-electron chi connectivity index (χ1n) is 10.8. The van der Waals surface area contributed by atoms with Crippen molar-refractivity contribution >= 4 is 34.4 Å². The van der Waals surface area contributed by atoms with Gasteiger partial charge in [-0.25, -0.2) is 19.0 Å². The topological polar surface area (TPSA) is 75.9 Å². The minimum absolute atomic E-state index is 0.00641. The predicted molar refractivity (Wildman–Crippen MR) is 125 cm³/mol. The predicted octanol–water partition coefficient (Wildman–Crippen LogP) is 4.14. The van der Waals surface area contributed by atoms with Crippen molar-refractivity contribution in [3.05, 3.63) is 77.5 Å². The third kappa shape index (κ3) is 4.52. The highest BCUT2D eigenvalue weighted by Crippen LogP contribution is 2.28. The number of benzene rings is 2.